The number of furan rings is 1. The van der Waals surface area contributed by atoms with Gasteiger partial charge in [-0.1, -0.05) is 6.07 Å². The highest BCUT2D eigenvalue weighted by Crippen LogP contribution is 2.34. The molecule has 0 aliphatic carbocycles. The number of methoxy groups -OCH3 is 1. The van der Waals surface area contributed by atoms with Crippen LogP contribution in [0.15, 0.2) is 34.7 Å². The van der Waals surface area contributed by atoms with Crippen molar-refractivity contribution >= 4 is 17.3 Å². The number of anilines is 1. The highest BCUT2D eigenvalue weighted by atomic mass is 16.6. The van der Waals surface area contributed by atoms with E-state index in [1.165, 1.54) is 31.4 Å². The summed E-state index contributed by atoms with van der Waals surface area (Å²) in [6.07, 6.45) is 0. The molecule has 0 saturated carbocycles. The molecule has 0 aliphatic heterocycles. The Morgan fingerprint density at radius 3 is 2.76 bits per heavy atom. The molecule has 1 aromatic carbocycles. The largest absolute Gasteiger partial charge is 0.490 e. The molecule has 0 amide bonds. The Bertz CT molecular complexity index is 679. The first kappa shape index (κ1) is 14.4. The van der Waals surface area contributed by atoms with Crippen molar-refractivity contribution in [2.75, 3.05) is 12.4 Å². The van der Waals surface area contributed by atoms with Gasteiger partial charge in [-0.3, -0.25) is 10.1 Å². The van der Waals surface area contributed by atoms with Gasteiger partial charge < -0.3 is 19.6 Å². The van der Waals surface area contributed by atoms with Crippen molar-refractivity contribution in [3.63, 3.8) is 0 Å². The van der Waals surface area contributed by atoms with Crippen LogP contribution in [0.2, 0.25) is 0 Å². The number of nitrogens with one attached hydrogen (secondary N) is 1. The molecule has 21 heavy (non-hydrogen) atoms. The molecule has 0 atom stereocenters. The van der Waals surface area contributed by atoms with Gasteiger partial charge in [0.1, 0.15) is 11.4 Å². The Labute approximate surface area is 119 Å². The van der Waals surface area contributed by atoms with Gasteiger partial charge in [-0.05, 0) is 24.3 Å². The molecule has 8 nitrogen and oxygen atoms in total. The molecule has 0 unspecified atom stereocenters. The number of para-hydroxylation sites is 1. The Balaban J connectivity index is 2.19. The summed E-state index contributed by atoms with van der Waals surface area (Å²) in [5.41, 5.74) is 0.0673. The first-order valence-electron chi connectivity index (χ1n) is 5.90. The van der Waals surface area contributed by atoms with E-state index in [0.29, 0.717) is 5.76 Å². The Morgan fingerprint density at radius 1 is 1.43 bits per heavy atom. The van der Waals surface area contributed by atoms with Crippen LogP contribution in [-0.2, 0) is 6.54 Å². The molecule has 2 rings (SSSR count). The molecule has 0 fully saturated rings. The second-order valence-corrected chi connectivity index (χ2v) is 4.04. The number of ether oxygens (including phenoxy) is 1. The lowest BCUT2D eigenvalue weighted by molar-refractivity contribution is -0.384. The molecular formula is C13H12N2O6. The summed E-state index contributed by atoms with van der Waals surface area (Å²) >= 11 is 0. The van der Waals surface area contributed by atoms with Gasteiger partial charge in [0.2, 0.25) is 5.76 Å². The summed E-state index contributed by atoms with van der Waals surface area (Å²) in [4.78, 5) is 21.2. The molecule has 2 aromatic rings. The van der Waals surface area contributed by atoms with E-state index >= 15 is 0 Å². The molecule has 1 heterocycles. The molecule has 1 aromatic heterocycles. The maximum absolute atomic E-state index is 11.1. The lowest BCUT2D eigenvalue weighted by Gasteiger charge is -2.08. The smallest absolute Gasteiger partial charge is 0.371 e. The summed E-state index contributed by atoms with van der Waals surface area (Å²) in [6.45, 7) is 0.112. The van der Waals surface area contributed by atoms with E-state index in [4.69, 9.17) is 14.3 Å². The lowest BCUT2D eigenvalue weighted by atomic mass is 10.2. The molecule has 110 valence electrons. The number of nitro groups is 1. The number of aromatic carboxylic acids is 1. The van der Waals surface area contributed by atoms with Gasteiger partial charge >= 0.3 is 11.7 Å². The number of benzene rings is 1. The predicted molar refractivity (Wildman–Crippen MR) is 72.6 cm³/mol. The van der Waals surface area contributed by atoms with E-state index in [1.54, 1.807) is 6.07 Å². The SMILES string of the molecule is COc1cccc(NCc2ccc(C(=O)O)o2)c1[N+](=O)[O-]. The summed E-state index contributed by atoms with van der Waals surface area (Å²) < 4.78 is 10.0. The van der Waals surface area contributed by atoms with Crippen molar-refractivity contribution < 1.29 is 24.0 Å². The van der Waals surface area contributed by atoms with Gasteiger partial charge in [-0.25, -0.2) is 4.79 Å². The lowest BCUT2D eigenvalue weighted by Crippen LogP contribution is -2.03. The number of carboxylic acid groups (broad SMARTS) is 1. The zero-order valence-electron chi connectivity index (χ0n) is 11.0. The average molecular weight is 292 g/mol. The van der Waals surface area contributed by atoms with E-state index in [1.807, 2.05) is 0 Å². The van der Waals surface area contributed by atoms with Crippen LogP contribution in [0.4, 0.5) is 11.4 Å². The second kappa shape index (κ2) is 5.95. The summed E-state index contributed by atoms with van der Waals surface area (Å²) in [6, 6.07) is 7.43. The number of nitrogens with zero attached hydrogens (tertiary/aromatic N) is 1. The van der Waals surface area contributed by atoms with Gasteiger partial charge in [0.05, 0.1) is 18.6 Å². The molecule has 8 heteroatoms. The first-order valence-corrected chi connectivity index (χ1v) is 5.90. The third-order valence-corrected chi connectivity index (χ3v) is 2.73. The van der Waals surface area contributed by atoms with Crippen LogP contribution in [0.5, 0.6) is 5.75 Å². The standard InChI is InChI=1S/C13H12N2O6/c1-20-10-4-2-3-9(12(10)15(18)19)14-7-8-5-6-11(21-8)13(16)17/h2-6,14H,7H2,1H3,(H,16,17). The summed E-state index contributed by atoms with van der Waals surface area (Å²) in [5.74, 6) is -0.874. The number of hydrogen-bond donors (Lipinski definition) is 2. The van der Waals surface area contributed by atoms with E-state index in [-0.39, 0.29) is 29.4 Å². The first-order chi connectivity index (χ1) is 10.0. The topological polar surface area (TPSA) is 115 Å². The quantitative estimate of drug-likeness (QED) is 0.620. The van der Waals surface area contributed by atoms with E-state index in [9.17, 15) is 14.9 Å². The third-order valence-electron chi connectivity index (χ3n) is 2.73. The van der Waals surface area contributed by atoms with E-state index < -0.39 is 10.9 Å². The molecule has 0 radical (unpaired) electrons. The normalized spacial score (nSPS) is 10.1. The van der Waals surface area contributed by atoms with Crippen molar-refractivity contribution in [2.24, 2.45) is 0 Å². The fourth-order valence-corrected chi connectivity index (χ4v) is 1.79. The van der Waals surface area contributed by atoms with E-state index in [0.717, 1.165) is 0 Å². The highest BCUT2D eigenvalue weighted by Gasteiger charge is 2.20. The van der Waals surface area contributed by atoms with Crippen LogP contribution in [0.3, 0.4) is 0 Å². The molecule has 0 bridgehead atoms. The van der Waals surface area contributed by atoms with E-state index in [2.05, 4.69) is 5.32 Å². The van der Waals surface area contributed by atoms with Crippen LogP contribution in [0.1, 0.15) is 16.3 Å². The molecule has 0 aliphatic rings. The van der Waals surface area contributed by atoms with Crippen LogP contribution in [0.25, 0.3) is 0 Å². The molecule has 0 saturated heterocycles. The fourth-order valence-electron chi connectivity index (χ4n) is 1.79. The van der Waals surface area contributed by atoms with Gasteiger partial charge in [-0.15, -0.1) is 0 Å². The number of carboxylic acids is 1. The molecule has 0 spiro atoms. The average Bonchev–Trinajstić information content (AvgIpc) is 2.93. The maximum Gasteiger partial charge on any atom is 0.371 e. The van der Waals surface area contributed by atoms with Crippen molar-refractivity contribution in [2.45, 2.75) is 6.54 Å². The van der Waals surface area contributed by atoms with Crippen LogP contribution < -0.4 is 10.1 Å². The minimum Gasteiger partial charge on any atom is -0.490 e. The number of rotatable bonds is 6. The van der Waals surface area contributed by atoms with Crippen molar-refractivity contribution in [1.82, 2.24) is 0 Å². The van der Waals surface area contributed by atoms with Crippen molar-refractivity contribution in [3.8, 4) is 5.75 Å². The predicted octanol–water partition coefficient (Wildman–Crippen LogP) is 2.51. The monoisotopic (exact) mass is 292 g/mol. The Kier molecular flexibility index (Phi) is 4.07. The zero-order chi connectivity index (χ0) is 15.4. The van der Waals surface area contributed by atoms with Gasteiger partial charge in [0, 0.05) is 0 Å². The van der Waals surface area contributed by atoms with Crippen LogP contribution in [0, 0.1) is 10.1 Å². The Morgan fingerprint density at radius 2 is 2.19 bits per heavy atom. The minimum atomic E-state index is -1.17. The van der Waals surface area contributed by atoms with Crippen molar-refractivity contribution in [1.29, 1.82) is 0 Å². The fraction of sp³-hybridized carbons (Fsp3) is 0.154. The number of hydrogen-bond acceptors (Lipinski definition) is 6. The van der Waals surface area contributed by atoms with Gasteiger partial charge in [-0.2, -0.15) is 0 Å². The van der Waals surface area contributed by atoms with Crippen molar-refractivity contribution in [3.05, 3.63) is 52.0 Å². The van der Waals surface area contributed by atoms with Crippen LogP contribution >= 0.6 is 0 Å². The molecular weight excluding hydrogens is 280 g/mol. The third kappa shape index (κ3) is 3.11. The zero-order valence-corrected chi connectivity index (χ0v) is 11.0. The number of nitro benzene ring substituents is 1. The highest BCUT2D eigenvalue weighted by molar-refractivity contribution is 5.84. The van der Waals surface area contributed by atoms with Gasteiger partial charge in [0.15, 0.2) is 5.75 Å². The summed E-state index contributed by atoms with van der Waals surface area (Å²) in [7, 11) is 1.35. The Hall–Kier alpha value is -3.03. The van der Waals surface area contributed by atoms with Crippen LogP contribution in [-0.4, -0.2) is 23.1 Å². The number of carbonyl (C=O) groups is 1. The maximum atomic E-state index is 11.1. The summed E-state index contributed by atoms with van der Waals surface area (Å²) in [5, 5.41) is 22.7. The molecule has 2 N–H and O–H groups in total. The minimum absolute atomic E-state index is 0.112. The second-order valence-electron chi connectivity index (χ2n) is 4.04. The van der Waals surface area contributed by atoms with Gasteiger partial charge in [0.25, 0.3) is 0 Å².